The molecule has 4 rings (SSSR count). The van der Waals surface area contributed by atoms with Crippen molar-refractivity contribution in [3.63, 3.8) is 0 Å². The first kappa shape index (κ1) is 17.0. The SMILES string of the molecule is CCc1ccc(-c2nc3c(C)cccn3c2N=Nc2cccc(O)c2)cc1. The minimum Gasteiger partial charge on any atom is -0.508 e. The van der Waals surface area contributed by atoms with Crippen molar-refractivity contribution in [2.24, 2.45) is 10.2 Å². The van der Waals surface area contributed by atoms with Gasteiger partial charge in [-0.1, -0.05) is 43.3 Å². The van der Waals surface area contributed by atoms with Crippen LogP contribution in [0.4, 0.5) is 11.5 Å². The zero-order valence-electron chi connectivity index (χ0n) is 15.3. The molecule has 0 aliphatic rings. The van der Waals surface area contributed by atoms with E-state index in [1.165, 1.54) is 5.56 Å². The van der Waals surface area contributed by atoms with E-state index in [0.29, 0.717) is 11.5 Å². The van der Waals surface area contributed by atoms with Crippen LogP contribution in [0.2, 0.25) is 0 Å². The number of phenols is 1. The summed E-state index contributed by atoms with van der Waals surface area (Å²) in [4.78, 5) is 4.83. The fraction of sp³-hybridized carbons (Fsp3) is 0.136. The van der Waals surface area contributed by atoms with Gasteiger partial charge in [0.2, 0.25) is 0 Å². The molecule has 0 fully saturated rings. The Morgan fingerprint density at radius 2 is 1.81 bits per heavy atom. The molecule has 0 spiro atoms. The first-order chi connectivity index (χ1) is 13.2. The monoisotopic (exact) mass is 356 g/mol. The smallest absolute Gasteiger partial charge is 0.187 e. The van der Waals surface area contributed by atoms with Crippen molar-refractivity contribution in [1.29, 1.82) is 0 Å². The summed E-state index contributed by atoms with van der Waals surface area (Å²) in [6, 6.07) is 19.1. The molecule has 134 valence electrons. The number of hydrogen-bond donors (Lipinski definition) is 1. The van der Waals surface area contributed by atoms with E-state index in [1.54, 1.807) is 24.3 Å². The lowest BCUT2D eigenvalue weighted by Gasteiger charge is -2.02. The maximum atomic E-state index is 9.64. The van der Waals surface area contributed by atoms with Gasteiger partial charge in [-0.05, 0) is 42.7 Å². The van der Waals surface area contributed by atoms with Crippen LogP contribution in [-0.4, -0.2) is 14.5 Å². The molecule has 2 aromatic carbocycles. The molecular weight excluding hydrogens is 336 g/mol. The van der Waals surface area contributed by atoms with Gasteiger partial charge in [-0.2, -0.15) is 0 Å². The van der Waals surface area contributed by atoms with Crippen molar-refractivity contribution in [3.8, 4) is 17.0 Å². The van der Waals surface area contributed by atoms with Gasteiger partial charge in [0, 0.05) is 17.8 Å². The number of phenolic OH excluding ortho intramolecular Hbond substituents is 1. The number of nitrogens with zero attached hydrogens (tertiary/aromatic N) is 4. The van der Waals surface area contributed by atoms with Gasteiger partial charge in [-0.15, -0.1) is 10.2 Å². The zero-order chi connectivity index (χ0) is 18.8. The second-order valence-corrected chi connectivity index (χ2v) is 6.44. The maximum absolute atomic E-state index is 9.64. The molecule has 1 N–H and O–H groups in total. The molecule has 5 heteroatoms. The zero-order valence-corrected chi connectivity index (χ0v) is 15.3. The highest BCUT2D eigenvalue weighted by molar-refractivity contribution is 5.75. The largest absolute Gasteiger partial charge is 0.508 e. The summed E-state index contributed by atoms with van der Waals surface area (Å²) >= 11 is 0. The highest BCUT2D eigenvalue weighted by Gasteiger charge is 2.15. The maximum Gasteiger partial charge on any atom is 0.187 e. The van der Waals surface area contributed by atoms with E-state index in [4.69, 9.17) is 4.98 Å². The number of pyridine rings is 1. The van der Waals surface area contributed by atoms with Gasteiger partial charge in [0.1, 0.15) is 17.1 Å². The summed E-state index contributed by atoms with van der Waals surface area (Å²) in [7, 11) is 0. The van der Waals surface area contributed by atoms with Gasteiger partial charge in [0.15, 0.2) is 5.82 Å². The van der Waals surface area contributed by atoms with Crippen LogP contribution in [0.5, 0.6) is 5.75 Å². The highest BCUT2D eigenvalue weighted by atomic mass is 16.3. The van der Waals surface area contributed by atoms with Gasteiger partial charge >= 0.3 is 0 Å². The summed E-state index contributed by atoms with van der Waals surface area (Å²) in [5.74, 6) is 0.831. The summed E-state index contributed by atoms with van der Waals surface area (Å²) in [5, 5.41) is 18.4. The van der Waals surface area contributed by atoms with Crippen LogP contribution >= 0.6 is 0 Å². The fourth-order valence-electron chi connectivity index (χ4n) is 3.04. The Labute approximate surface area is 157 Å². The molecule has 0 saturated carbocycles. The fourth-order valence-corrected chi connectivity index (χ4v) is 3.04. The molecule has 0 atom stereocenters. The molecule has 0 aliphatic heterocycles. The molecule has 0 saturated heterocycles. The van der Waals surface area contributed by atoms with E-state index >= 15 is 0 Å². The number of rotatable bonds is 4. The number of fused-ring (bicyclic) bond motifs is 1. The normalized spacial score (nSPS) is 11.5. The third-order valence-electron chi connectivity index (χ3n) is 4.55. The molecule has 0 aliphatic carbocycles. The van der Waals surface area contributed by atoms with Crippen molar-refractivity contribution in [2.45, 2.75) is 20.3 Å². The number of azo groups is 1. The molecular formula is C22H20N4O. The molecule has 2 aromatic heterocycles. The Bertz CT molecular complexity index is 1130. The summed E-state index contributed by atoms with van der Waals surface area (Å²) < 4.78 is 1.95. The average molecular weight is 356 g/mol. The van der Waals surface area contributed by atoms with E-state index in [1.807, 2.05) is 29.7 Å². The number of imidazole rings is 1. The number of aromatic hydroxyl groups is 1. The van der Waals surface area contributed by atoms with Gasteiger partial charge in [0.25, 0.3) is 0 Å². The van der Waals surface area contributed by atoms with Crippen LogP contribution < -0.4 is 0 Å². The number of benzene rings is 2. The van der Waals surface area contributed by atoms with Crippen LogP contribution in [0.3, 0.4) is 0 Å². The molecule has 0 radical (unpaired) electrons. The van der Waals surface area contributed by atoms with Crippen LogP contribution in [-0.2, 0) is 6.42 Å². The summed E-state index contributed by atoms with van der Waals surface area (Å²) in [6.45, 7) is 4.17. The van der Waals surface area contributed by atoms with E-state index in [9.17, 15) is 5.11 Å². The Balaban J connectivity index is 1.87. The molecule has 2 heterocycles. The Kier molecular flexibility index (Phi) is 4.42. The van der Waals surface area contributed by atoms with Crippen LogP contribution in [0, 0.1) is 6.92 Å². The van der Waals surface area contributed by atoms with Crippen LogP contribution in [0.15, 0.2) is 77.1 Å². The Morgan fingerprint density at radius 3 is 2.56 bits per heavy atom. The van der Waals surface area contributed by atoms with Crippen molar-refractivity contribution in [3.05, 3.63) is 78.0 Å². The van der Waals surface area contributed by atoms with Gasteiger partial charge in [-0.3, -0.25) is 4.40 Å². The number of hydrogen-bond acceptors (Lipinski definition) is 4. The van der Waals surface area contributed by atoms with Gasteiger partial charge in [-0.25, -0.2) is 4.98 Å². The minimum atomic E-state index is 0.163. The number of aryl methyl sites for hydroxylation is 2. The predicted molar refractivity (Wildman–Crippen MR) is 107 cm³/mol. The van der Waals surface area contributed by atoms with Crippen molar-refractivity contribution >= 4 is 17.2 Å². The summed E-state index contributed by atoms with van der Waals surface area (Å²) in [5.41, 5.74) is 5.59. The van der Waals surface area contributed by atoms with Crippen molar-refractivity contribution < 1.29 is 5.11 Å². The van der Waals surface area contributed by atoms with Crippen LogP contribution in [0.1, 0.15) is 18.1 Å². The van der Waals surface area contributed by atoms with Crippen molar-refractivity contribution in [1.82, 2.24) is 9.38 Å². The quantitative estimate of drug-likeness (QED) is 0.456. The second-order valence-electron chi connectivity index (χ2n) is 6.44. The molecule has 4 aromatic rings. The van der Waals surface area contributed by atoms with E-state index in [-0.39, 0.29) is 5.75 Å². The molecule has 0 bridgehead atoms. The number of aromatic nitrogens is 2. The molecule has 5 nitrogen and oxygen atoms in total. The lowest BCUT2D eigenvalue weighted by Crippen LogP contribution is -1.85. The lowest BCUT2D eigenvalue weighted by molar-refractivity contribution is 0.475. The van der Waals surface area contributed by atoms with Crippen LogP contribution in [0.25, 0.3) is 16.9 Å². The second kappa shape index (κ2) is 7.03. The van der Waals surface area contributed by atoms with E-state index in [2.05, 4.69) is 41.4 Å². The predicted octanol–water partition coefficient (Wildman–Crippen LogP) is 5.99. The third-order valence-corrected chi connectivity index (χ3v) is 4.55. The molecule has 0 unspecified atom stereocenters. The molecule has 0 amide bonds. The average Bonchev–Trinajstić information content (AvgIpc) is 3.06. The van der Waals surface area contributed by atoms with Crippen molar-refractivity contribution in [2.75, 3.05) is 0 Å². The van der Waals surface area contributed by atoms with Gasteiger partial charge < -0.3 is 5.11 Å². The third kappa shape index (κ3) is 3.31. The first-order valence-electron chi connectivity index (χ1n) is 8.93. The Hall–Kier alpha value is -3.47. The van der Waals surface area contributed by atoms with E-state index in [0.717, 1.165) is 28.9 Å². The molecule has 27 heavy (non-hydrogen) atoms. The topological polar surface area (TPSA) is 62.2 Å². The standard InChI is InChI=1S/C22H20N4O/c1-3-16-9-11-17(12-10-16)20-22(25-24-18-7-4-8-19(27)14-18)26-13-5-6-15(2)21(26)23-20/h4-14,27H,3H2,1-2H3. The van der Waals surface area contributed by atoms with E-state index < -0.39 is 0 Å². The highest BCUT2D eigenvalue weighted by Crippen LogP contribution is 2.33. The summed E-state index contributed by atoms with van der Waals surface area (Å²) in [6.07, 6.45) is 2.94. The Morgan fingerprint density at radius 1 is 1.00 bits per heavy atom. The lowest BCUT2D eigenvalue weighted by atomic mass is 10.1. The minimum absolute atomic E-state index is 0.163. The first-order valence-corrected chi connectivity index (χ1v) is 8.93. The van der Waals surface area contributed by atoms with Gasteiger partial charge in [0.05, 0.1) is 5.69 Å².